The molecule has 0 nitrogen and oxygen atoms in total. The van der Waals surface area contributed by atoms with Gasteiger partial charge in [-0.15, -0.1) is 0 Å². The van der Waals surface area contributed by atoms with Crippen LogP contribution in [0.2, 0.25) is 0 Å². The van der Waals surface area contributed by atoms with Crippen molar-refractivity contribution in [1.82, 2.24) is 0 Å². The summed E-state index contributed by atoms with van der Waals surface area (Å²) in [6.45, 7) is 2.21. The Hall–Kier alpha value is -0.520. The van der Waals surface area contributed by atoms with Gasteiger partial charge in [-0.3, -0.25) is 0 Å². The fourth-order valence-electron chi connectivity index (χ4n) is 1.43. The average molecular weight is 106 g/mol. The van der Waals surface area contributed by atoms with Gasteiger partial charge >= 0.3 is 0 Å². The molecule has 0 spiro atoms. The highest BCUT2D eigenvalue weighted by Gasteiger charge is 2.27. The summed E-state index contributed by atoms with van der Waals surface area (Å²) in [4.78, 5) is 0. The van der Waals surface area contributed by atoms with Crippen molar-refractivity contribution in [3.63, 3.8) is 0 Å². The molecular weight excluding hydrogens is 96.1 g/mol. The van der Waals surface area contributed by atoms with E-state index in [1.165, 1.54) is 18.4 Å². The van der Waals surface area contributed by atoms with Crippen molar-refractivity contribution < 1.29 is 0 Å². The summed E-state index contributed by atoms with van der Waals surface area (Å²) >= 11 is 0. The lowest BCUT2D eigenvalue weighted by atomic mass is 10.0. The summed E-state index contributed by atoms with van der Waals surface area (Å²) in [5, 5.41) is 0. The minimum Gasteiger partial charge on any atom is -0.0813 e. The Labute approximate surface area is 49.9 Å². The second-order valence-electron chi connectivity index (χ2n) is 2.69. The van der Waals surface area contributed by atoms with Crippen LogP contribution in [0.5, 0.6) is 0 Å². The van der Waals surface area contributed by atoms with Crippen LogP contribution in [-0.2, 0) is 0 Å². The van der Waals surface area contributed by atoms with E-state index in [0.717, 1.165) is 5.92 Å². The third-order valence-corrected chi connectivity index (χ3v) is 2.05. The molecule has 0 saturated carbocycles. The van der Waals surface area contributed by atoms with Gasteiger partial charge < -0.3 is 0 Å². The lowest BCUT2D eigenvalue weighted by Gasteiger charge is -2.04. The second kappa shape index (κ2) is 1.25. The Morgan fingerprint density at radius 2 is 2.50 bits per heavy atom. The molecule has 8 heavy (non-hydrogen) atoms. The zero-order valence-electron chi connectivity index (χ0n) is 5.15. The number of rotatable bonds is 0. The smallest absolute Gasteiger partial charge is 0.00266 e. The van der Waals surface area contributed by atoms with E-state index in [2.05, 4.69) is 19.1 Å². The second-order valence-corrected chi connectivity index (χ2v) is 2.69. The van der Waals surface area contributed by atoms with E-state index in [1.54, 1.807) is 5.57 Å². The standard InChI is InChI=1S/C8H10/c1-6-3-2-4-7-5-8(6)7/h3,5,7H,2,4H2,1H3. The Morgan fingerprint density at radius 1 is 1.62 bits per heavy atom. The van der Waals surface area contributed by atoms with Crippen LogP contribution in [0.15, 0.2) is 23.3 Å². The lowest BCUT2D eigenvalue weighted by Crippen LogP contribution is -1.89. The average Bonchev–Trinajstić information content (AvgIpc) is 2.45. The fraction of sp³-hybridized carbons (Fsp3) is 0.500. The van der Waals surface area contributed by atoms with E-state index in [1.807, 2.05) is 0 Å². The maximum Gasteiger partial charge on any atom is 0.00266 e. The molecule has 0 aromatic rings. The highest BCUT2D eigenvalue weighted by atomic mass is 14.3. The first-order valence-corrected chi connectivity index (χ1v) is 3.27. The summed E-state index contributed by atoms with van der Waals surface area (Å²) < 4.78 is 0. The Balaban J connectivity index is 2.27. The van der Waals surface area contributed by atoms with Crippen LogP contribution >= 0.6 is 0 Å². The molecule has 0 aromatic heterocycles. The van der Waals surface area contributed by atoms with Gasteiger partial charge in [0.25, 0.3) is 0 Å². The minimum absolute atomic E-state index is 0.903. The maximum atomic E-state index is 2.37. The molecule has 42 valence electrons. The monoisotopic (exact) mass is 106 g/mol. The number of hydrogen-bond acceptors (Lipinski definition) is 0. The molecule has 0 saturated heterocycles. The highest BCUT2D eigenvalue weighted by molar-refractivity contribution is 5.47. The van der Waals surface area contributed by atoms with Gasteiger partial charge in [0, 0.05) is 5.92 Å². The van der Waals surface area contributed by atoms with Crippen LogP contribution in [0.3, 0.4) is 0 Å². The van der Waals surface area contributed by atoms with Gasteiger partial charge in [0.1, 0.15) is 0 Å². The Kier molecular flexibility index (Phi) is 0.682. The van der Waals surface area contributed by atoms with Gasteiger partial charge in [-0.2, -0.15) is 0 Å². The Morgan fingerprint density at radius 3 is 3.12 bits per heavy atom. The van der Waals surface area contributed by atoms with Crippen LogP contribution in [0.4, 0.5) is 0 Å². The molecule has 0 aromatic carbocycles. The number of hydrogen-bond donors (Lipinski definition) is 0. The van der Waals surface area contributed by atoms with Gasteiger partial charge in [0.05, 0.1) is 0 Å². The van der Waals surface area contributed by atoms with Crippen molar-refractivity contribution in [3.8, 4) is 0 Å². The van der Waals surface area contributed by atoms with Crippen LogP contribution in [0.25, 0.3) is 0 Å². The van der Waals surface area contributed by atoms with Crippen LogP contribution in [0.1, 0.15) is 19.8 Å². The third kappa shape index (κ3) is 0.459. The molecule has 0 amide bonds. The van der Waals surface area contributed by atoms with Gasteiger partial charge in [-0.25, -0.2) is 0 Å². The molecule has 0 heterocycles. The van der Waals surface area contributed by atoms with Crippen molar-refractivity contribution in [2.24, 2.45) is 5.92 Å². The van der Waals surface area contributed by atoms with Crippen molar-refractivity contribution in [1.29, 1.82) is 0 Å². The van der Waals surface area contributed by atoms with Crippen molar-refractivity contribution in [2.45, 2.75) is 19.8 Å². The SMILES string of the molecule is CC1=CCCC2C=C12. The van der Waals surface area contributed by atoms with Gasteiger partial charge in [-0.05, 0) is 25.3 Å². The summed E-state index contributed by atoms with van der Waals surface area (Å²) in [5.41, 5.74) is 3.15. The van der Waals surface area contributed by atoms with Crippen LogP contribution < -0.4 is 0 Å². The molecule has 1 atom stereocenters. The first-order valence-electron chi connectivity index (χ1n) is 3.27. The van der Waals surface area contributed by atoms with E-state index < -0.39 is 0 Å². The van der Waals surface area contributed by atoms with Gasteiger partial charge in [0.2, 0.25) is 0 Å². The molecule has 2 aliphatic rings. The molecule has 0 bridgehead atoms. The van der Waals surface area contributed by atoms with Crippen molar-refractivity contribution in [3.05, 3.63) is 23.3 Å². The summed E-state index contributed by atoms with van der Waals surface area (Å²) in [6, 6.07) is 0. The van der Waals surface area contributed by atoms with E-state index in [4.69, 9.17) is 0 Å². The van der Waals surface area contributed by atoms with E-state index in [0.29, 0.717) is 0 Å². The summed E-state index contributed by atoms with van der Waals surface area (Å²) in [5.74, 6) is 0.903. The molecule has 1 unspecified atom stereocenters. The molecular formula is C8H10. The number of fused-ring (bicyclic) bond motifs is 1. The topological polar surface area (TPSA) is 0 Å². The molecule has 0 aliphatic heterocycles. The minimum atomic E-state index is 0.903. The Bertz CT molecular complexity index is 172. The predicted molar refractivity (Wildman–Crippen MR) is 34.6 cm³/mol. The van der Waals surface area contributed by atoms with Crippen molar-refractivity contribution >= 4 is 0 Å². The molecule has 0 heteroatoms. The van der Waals surface area contributed by atoms with Gasteiger partial charge in [0.15, 0.2) is 0 Å². The van der Waals surface area contributed by atoms with E-state index >= 15 is 0 Å². The summed E-state index contributed by atoms with van der Waals surface area (Å²) in [6.07, 6.45) is 7.40. The first-order chi connectivity index (χ1) is 3.88. The van der Waals surface area contributed by atoms with E-state index in [-0.39, 0.29) is 0 Å². The normalized spacial score (nSPS) is 32.9. The fourth-order valence-corrected chi connectivity index (χ4v) is 1.43. The van der Waals surface area contributed by atoms with Crippen molar-refractivity contribution in [2.75, 3.05) is 0 Å². The predicted octanol–water partition coefficient (Wildman–Crippen LogP) is 2.28. The van der Waals surface area contributed by atoms with E-state index in [9.17, 15) is 0 Å². The largest absolute Gasteiger partial charge is 0.0813 e. The van der Waals surface area contributed by atoms with Crippen LogP contribution in [0, 0.1) is 5.92 Å². The molecule has 2 rings (SSSR count). The third-order valence-electron chi connectivity index (χ3n) is 2.05. The maximum absolute atomic E-state index is 2.37. The lowest BCUT2D eigenvalue weighted by molar-refractivity contribution is 0.751. The quantitative estimate of drug-likeness (QED) is 0.444. The molecule has 0 N–H and O–H groups in total. The molecule has 2 aliphatic carbocycles. The van der Waals surface area contributed by atoms with Crippen LogP contribution in [-0.4, -0.2) is 0 Å². The zero-order chi connectivity index (χ0) is 5.56. The summed E-state index contributed by atoms with van der Waals surface area (Å²) in [7, 11) is 0. The molecule has 0 radical (unpaired) electrons. The molecule has 0 fully saturated rings. The first kappa shape index (κ1) is 4.37. The highest BCUT2D eigenvalue weighted by Crippen LogP contribution is 2.42. The zero-order valence-corrected chi connectivity index (χ0v) is 5.15. The van der Waals surface area contributed by atoms with Gasteiger partial charge in [-0.1, -0.05) is 17.7 Å². The number of allylic oxidation sites excluding steroid dienone is 4.